The van der Waals surface area contributed by atoms with Gasteiger partial charge in [-0.05, 0) is 57.9 Å². The van der Waals surface area contributed by atoms with Gasteiger partial charge in [-0.2, -0.15) is 0 Å². The number of hydrogen-bond donors (Lipinski definition) is 4. The van der Waals surface area contributed by atoms with E-state index in [0.717, 1.165) is 64.2 Å². The van der Waals surface area contributed by atoms with Gasteiger partial charge in [0, 0.05) is 12.0 Å². The van der Waals surface area contributed by atoms with Crippen molar-refractivity contribution in [3.05, 3.63) is 11.6 Å². The van der Waals surface area contributed by atoms with Gasteiger partial charge >= 0.3 is 5.97 Å². The van der Waals surface area contributed by atoms with Crippen LogP contribution < -0.4 is 0 Å². The summed E-state index contributed by atoms with van der Waals surface area (Å²) in [6, 6.07) is 0. The van der Waals surface area contributed by atoms with Gasteiger partial charge in [0.15, 0.2) is 0 Å². The summed E-state index contributed by atoms with van der Waals surface area (Å²) in [4.78, 5) is 11.7. The van der Waals surface area contributed by atoms with E-state index in [1.54, 1.807) is 6.08 Å². The van der Waals surface area contributed by atoms with Gasteiger partial charge in [0.1, 0.15) is 6.10 Å². The van der Waals surface area contributed by atoms with E-state index in [9.17, 15) is 25.2 Å². The summed E-state index contributed by atoms with van der Waals surface area (Å²) in [6.45, 7) is 4.07. The lowest BCUT2D eigenvalue weighted by molar-refractivity contribution is -0.139. The Bertz CT molecular complexity index is 726. The molecule has 1 fully saturated rings. The Balaban J connectivity index is 1.42. The third kappa shape index (κ3) is 16.2. The van der Waals surface area contributed by atoms with Gasteiger partial charge in [-0.1, -0.05) is 103 Å². The first-order valence-electron chi connectivity index (χ1n) is 17.6. The number of esters is 1. The minimum atomic E-state index is -0.781. The summed E-state index contributed by atoms with van der Waals surface area (Å²) in [7, 11) is 0. The Labute approximate surface area is 256 Å². The fraction of sp³-hybridized carbons (Fsp3) is 0.914. The molecule has 2 aliphatic rings. The summed E-state index contributed by atoms with van der Waals surface area (Å²) >= 11 is 0. The van der Waals surface area contributed by atoms with Crippen LogP contribution in [0.25, 0.3) is 0 Å². The molecule has 7 nitrogen and oxygen atoms in total. The van der Waals surface area contributed by atoms with E-state index in [0.29, 0.717) is 37.7 Å². The third-order valence-corrected chi connectivity index (χ3v) is 9.14. The molecule has 0 aromatic rings. The SMILES string of the molecule is CCCCCCCCCCCC[C@H](O)[C@H](O)CC[C@H](O)[C@H]1CC[C@@H](CCCCCCC[C@@H](O)CC2=C[C@H](C)OC2=O)O1. The van der Waals surface area contributed by atoms with E-state index >= 15 is 0 Å². The highest BCUT2D eigenvalue weighted by Crippen LogP contribution is 2.28. The molecule has 0 bridgehead atoms. The summed E-state index contributed by atoms with van der Waals surface area (Å²) in [5.74, 6) is -0.295. The largest absolute Gasteiger partial charge is 0.455 e. The molecule has 0 aliphatic carbocycles. The molecule has 1 saturated heterocycles. The van der Waals surface area contributed by atoms with Crippen molar-refractivity contribution in [3.63, 3.8) is 0 Å². The summed E-state index contributed by atoms with van der Waals surface area (Å²) in [6.07, 6.45) is 22.4. The Kier molecular flexibility index (Phi) is 19.9. The smallest absolute Gasteiger partial charge is 0.334 e. The molecule has 7 atom stereocenters. The van der Waals surface area contributed by atoms with Crippen molar-refractivity contribution >= 4 is 5.97 Å². The highest BCUT2D eigenvalue weighted by Gasteiger charge is 2.31. The van der Waals surface area contributed by atoms with E-state index in [2.05, 4.69) is 6.92 Å². The van der Waals surface area contributed by atoms with Crippen molar-refractivity contribution in [2.45, 2.75) is 204 Å². The van der Waals surface area contributed by atoms with Gasteiger partial charge in [0.05, 0.1) is 36.6 Å². The van der Waals surface area contributed by atoms with Crippen molar-refractivity contribution in [3.8, 4) is 0 Å². The van der Waals surface area contributed by atoms with Crippen molar-refractivity contribution in [1.82, 2.24) is 0 Å². The molecule has 2 aliphatic heterocycles. The molecule has 2 rings (SSSR count). The number of aliphatic hydroxyl groups excluding tert-OH is 4. The molecular weight excluding hydrogens is 532 g/mol. The number of cyclic esters (lactones) is 1. The Morgan fingerprint density at radius 1 is 0.738 bits per heavy atom. The molecule has 0 unspecified atom stereocenters. The highest BCUT2D eigenvalue weighted by molar-refractivity contribution is 5.90. The van der Waals surface area contributed by atoms with Crippen LogP contribution in [0.3, 0.4) is 0 Å². The second kappa shape index (κ2) is 22.5. The minimum absolute atomic E-state index is 0.168. The zero-order chi connectivity index (χ0) is 30.6. The Hall–Kier alpha value is -0.990. The summed E-state index contributed by atoms with van der Waals surface area (Å²) < 4.78 is 11.2. The molecule has 0 saturated carbocycles. The Morgan fingerprint density at radius 2 is 1.31 bits per heavy atom. The van der Waals surface area contributed by atoms with Crippen LogP contribution in [0, 0.1) is 0 Å². The fourth-order valence-corrected chi connectivity index (χ4v) is 6.40. The molecule has 246 valence electrons. The zero-order valence-electron chi connectivity index (χ0n) is 26.9. The number of unbranched alkanes of at least 4 members (excludes halogenated alkanes) is 13. The predicted octanol–water partition coefficient (Wildman–Crippen LogP) is 7.06. The average Bonchev–Trinajstić information content (AvgIpc) is 3.57. The van der Waals surface area contributed by atoms with Gasteiger partial charge in [0.25, 0.3) is 0 Å². The molecule has 7 heteroatoms. The van der Waals surface area contributed by atoms with E-state index in [4.69, 9.17) is 9.47 Å². The second-order valence-electron chi connectivity index (χ2n) is 13.1. The minimum Gasteiger partial charge on any atom is -0.455 e. The van der Waals surface area contributed by atoms with Gasteiger partial charge in [-0.3, -0.25) is 0 Å². The van der Waals surface area contributed by atoms with Crippen LogP contribution >= 0.6 is 0 Å². The maximum atomic E-state index is 11.7. The third-order valence-electron chi connectivity index (χ3n) is 9.14. The van der Waals surface area contributed by atoms with E-state index in [1.807, 2.05) is 6.92 Å². The molecule has 42 heavy (non-hydrogen) atoms. The van der Waals surface area contributed by atoms with Crippen molar-refractivity contribution in [2.24, 2.45) is 0 Å². The summed E-state index contributed by atoms with van der Waals surface area (Å²) in [5.41, 5.74) is 0.600. The van der Waals surface area contributed by atoms with Crippen LogP contribution in [-0.4, -0.2) is 69.1 Å². The predicted molar refractivity (Wildman–Crippen MR) is 168 cm³/mol. The lowest BCUT2D eigenvalue weighted by atomic mass is 9.97. The lowest BCUT2D eigenvalue weighted by Gasteiger charge is -2.22. The van der Waals surface area contributed by atoms with Crippen molar-refractivity contribution < 1.29 is 34.7 Å². The summed E-state index contributed by atoms with van der Waals surface area (Å²) in [5, 5.41) is 41.6. The van der Waals surface area contributed by atoms with Crippen LogP contribution in [0.1, 0.15) is 162 Å². The van der Waals surface area contributed by atoms with Gasteiger partial charge in [-0.25, -0.2) is 4.79 Å². The number of carbonyl (C=O) groups excluding carboxylic acids is 1. The van der Waals surface area contributed by atoms with E-state index in [1.165, 1.54) is 51.4 Å². The van der Waals surface area contributed by atoms with Gasteiger partial charge < -0.3 is 29.9 Å². The Morgan fingerprint density at radius 3 is 1.93 bits per heavy atom. The van der Waals surface area contributed by atoms with Crippen molar-refractivity contribution in [2.75, 3.05) is 0 Å². The van der Waals surface area contributed by atoms with Crippen LogP contribution in [0.2, 0.25) is 0 Å². The first kappa shape index (κ1) is 37.2. The van der Waals surface area contributed by atoms with Crippen LogP contribution in [0.5, 0.6) is 0 Å². The topological polar surface area (TPSA) is 116 Å². The fourth-order valence-electron chi connectivity index (χ4n) is 6.40. The maximum Gasteiger partial charge on any atom is 0.334 e. The molecule has 0 aromatic carbocycles. The first-order chi connectivity index (χ1) is 20.3. The number of carbonyl (C=O) groups is 1. The molecule has 0 aromatic heterocycles. The standard InChI is InChI=1S/C35H64O7/c1-3-4-5-6-7-8-9-10-14-17-20-31(37)32(38)22-23-33(39)34-24-21-30(42-34)19-16-13-11-12-15-18-29(36)26-28-25-27(2)41-35(28)40/h25,27,29-34,36-39H,3-24,26H2,1-2H3/t27-,29+,30+,31-,32+,33-,34+/m0/s1. The van der Waals surface area contributed by atoms with Crippen LogP contribution in [0.4, 0.5) is 0 Å². The van der Waals surface area contributed by atoms with E-state index < -0.39 is 24.4 Å². The zero-order valence-corrected chi connectivity index (χ0v) is 26.9. The molecule has 2 heterocycles. The average molecular weight is 597 g/mol. The molecular formula is C35H64O7. The maximum absolute atomic E-state index is 11.7. The normalized spacial score (nSPS) is 23.5. The number of hydrogen-bond acceptors (Lipinski definition) is 7. The van der Waals surface area contributed by atoms with Crippen LogP contribution in [-0.2, 0) is 14.3 Å². The quantitative estimate of drug-likeness (QED) is 0.0624. The van der Waals surface area contributed by atoms with Gasteiger partial charge in [-0.15, -0.1) is 0 Å². The molecule has 0 amide bonds. The molecule has 0 spiro atoms. The monoisotopic (exact) mass is 596 g/mol. The second-order valence-corrected chi connectivity index (χ2v) is 13.1. The highest BCUT2D eigenvalue weighted by atomic mass is 16.5. The van der Waals surface area contributed by atoms with E-state index in [-0.39, 0.29) is 24.3 Å². The molecule has 4 N–H and O–H groups in total. The first-order valence-corrected chi connectivity index (χ1v) is 17.6. The number of aliphatic hydroxyl groups is 4. The lowest BCUT2D eigenvalue weighted by Crippen LogP contribution is -2.31. The molecule has 0 radical (unpaired) electrons. The number of rotatable bonds is 26. The van der Waals surface area contributed by atoms with Crippen LogP contribution in [0.15, 0.2) is 11.6 Å². The number of ether oxygens (including phenoxy) is 2. The van der Waals surface area contributed by atoms with Crippen molar-refractivity contribution in [1.29, 1.82) is 0 Å². The van der Waals surface area contributed by atoms with Gasteiger partial charge in [0.2, 0.25) is 0 Å².